The van der Waals surface area contributed by atoms with Gasteiger partial charge < -0.3 is 9.64 Å². The highest BCUT2D eigenvalue weighted by Gasteiger charge is 2.27. The number of nitrogens with zero attached hydrogens (tertiary/aromatic N) is 1. The molecule has 0 radical (unpaired) electrons. The zero-order valence-electron chi connectivity index (χ0n) is 16.8. The molecule has 0 N–H and O–H groups in total. The zero-order chi connectivity index (χ0) is 20.6. The predicted octanol–water partition coefficient (Wildman–Crippen LogP) is 4.79. The van der Waals surface area contributed by atoms with Crippen molar-refractivity contribution in [3.05, 3.63) is 71.8 Å². The first-order chi connectivity index (χ1) is 13.3. The Morgan fingerprint density at radius 3 is 2.25 bits per heavy atom. The van der Waals surface area contributed by atoms with Gasteiger partial charge in [0, 0.05) is 23.1 Å². The van der Waals surface area contributed by atoms with E-state index in [2.05, 4.69) is 0 Å². The zero-order valence-corrected chi connectivity index (χ0v) is 17.7. The van der Waals surface area contributed by atoms with Crippen LogP contribution in [-0.2, 0) is 20.9 Å². The Morgan fingerprint density at radius 1 is 1.04 bits per heavy atom. The molecule has 148 valence electrons. The van der Waals surface area contributed by atoms with Gasteiger partial charge in [0.05, 0.1) is 0 Å². The van der Waals surface area contributed by atoms with Crippen LogP contribution in [0.5, 0.6) is 0 Å². The first kappa shape index (κ1) is 21.8. The van der Waals surface area contributed by atoms with Crippen molar-refractivity contribution in [2.24, 2.45) is 0 Å². The Labute approximate surface area is 171 Å². The van der Waals surface area contributed by atoms with Gasteiger partial charge in [0.15, 0.2) is 6.61 Å². The Bertz CT molecular complexity index is 808. The van der Waals surface area contributed by atoms with E-state index < -0.39 is 5.97 Å². The summed E-state index contributed by atoms with van der Waals surface area (Å²) in [6.45, 7) is 6.09. The molecule has 0 fully saturated rings. The van der Waals surface area contributed by atoms with E-state index >= 15 is 0 Å². The number of benzene rings is 2. The van der Waals surface area contributed by atoms with Crippen molar-refractivity contribution in [3.8, 4) is 0 Å². The second-order valence-corrected chi connectivity index (χ2v) is 8.23. The van der Waals surface area contributed by atoms with E-state index in [0.29, 0.717) is 6.54 Å². The summed E-state index contributed by atoms with van der Waals surface area (Å²) in [6.07, 6.45) is 5.04. The molecule has 1 amide bonds. The molecule has 0 heterocycles. The summed E-state index contributed by atoms with van der Waals surface area (Å²) in [6, 6.07) is 17.6. The minimum absolute atomic E-state index is 0.220. The van der Waals surface area contributed by atoms with Crippen LogP contribution in [0.2, 0.25) is 0 Å². The van der Waals surface area contributed by atoms with Crippen LogP contribution in [-0.4, -0.2) is 35.2 Å². The number of hydrogen-bond acceptors (Lipinski definition) is 4. The summed E-state index contributed by atoms with van der Waals surface area (Å²) in [4.78, 5) is 27.5. The summed E-state index contributed by atoms with van der Waals surface area (Å²) in [5.74, 6) is -0.752. The largest absolute Gasteiger partial charge is 0.452 e. The number of carbonyl (C=O) groups is 2. The van der Waals surface area contributed by atoms with E-state index in [4.69, 9.17) is 4.74 Å². The lowest BCUT2D eigenvalue weighted by atomic mass is 10.0. The van der Waals surface area contributed by atoms with Gasteiger partial charge in [0.2, 0.25) is 0 Å². The highest BCUT2D eigenvalue weighted by atomic mass is 32.2. The molecule has 2 rings (SSSR count). The summed E-state index contributed by atoms with van der Waals surface area (Å²) in [5, 5.41) is 0. The topological polar surface area (TPSA) is 46.6 Å². The normalized spacial score (nSPS) is 11.4. The van der Waals surface area contributed by atoms with E-state index in [1.807, 2.05) is 81.6 Å². The number of amides is 1. The fraction of sp³-hybridized carbons (Fsp3) is 0.304. The first-order valence-electron chi connectivity index (χ1n) is 9.13. The summed E-state index contributed by atoms with van der Waals surface area (Å²) in [5.41, 5.74) is 1.56. The highest BCUT2D eigenvalue weighted by Crippen LogP contribution is 2.18. The third-order valence-corrected chi connectivity index (χ3v) is 4.90. The molecule has 2 aromatic rings. The third-order valence-electron chi connectivity index (χ3n) is 4.16. The molecule has 0 aliphatic rings. The number of ether oxygens (including phenoxy) is 1. The lowest BCUT2D eigenvalue weighted by molar-refractivity contribution is -0.151. The molecule has 0 aromatic heterocycles. The van der Waals surface area contributed by atoms with E-state index in [9.17, 15) is 9.59 Å². The van der Waals surface area contributed by atoms with Gasteiger partial charge in [-0.25, -0.2) is 4.79 Å². The molecular weight excluding hydrogens is 370 g/mol. The maximum Gasteiger partial charge on any atom is 0.331 e. The van der Waals surface area contributed by atoms with Gasteiger partial charge in [-0.05, 0) is 56.4 Å². The van der Waals surface area contributed by atoms with E-state index in [1.165, 1.54) is 6.08 Å². The van der Waals surface area contributed by atoms with Crippen molar-refractivity contribution in [1.29, 1.82) is 0 Å². The minimum atomic E-state index is -0.532. The molecule has 2 aromatic carbocycles. The minimum Gasteiger partial charge on any atom is -0.452 e. The van der Waals surface area contributed by atoms with E-state index in [1.54, 1.807) is 22.7 Å². The fourth-order valence-electron chi connectivity index (χ4n) is 2.60. The average Bonchev–Trinajstić information content (AvgIpc) is 2.69. The average molecular weight is 398 g/mol. The predicted molar refractivity (Wildman–Crippen MR) is 115 cm³/mol. The summed E-state index contributed by atoms with van der Waals surface area (Å²) in [7, 11) is 0. The van der Waals surface area contributed by atoms with E-state index in [-0.39, 0.29) is 18.1 Å². The van der Waals surface area contributed by atoms with Crippen LogP contribution in [0, 0.1) is 0 Å². The van der Waals surface area contributed by atoms with Crippen LogP contribution < -0.4 is 0 Å². The Hall–Kier alpha value is -2.53. The van der Waals surface area contributed by atoms with Gasteiger partial charge >= 0.3 is 5.97 Å². The molecule has 0 saturated carbocycles. The second kappa shape index (κ2) is 10.1. The third kappa shape index (κ3) is 6.89. The van der Waals surface area contributed by atoms with Crippen LogP contribution in [0.4, 0.5) is 0 Å². The highest BCUT2D eigenvalue weighted by molar-refractivity contribution is 7.98. The number of thioether (sulfide) groups is 1. The molecule has 0 aliphatic heterocycles. The maximum absolute atomic E-state index is 12.7. The van der Waals surface area contributed by atoms with Gasteiger partial charge in [0.25, 0.3) is 5.91 Å². The molecule has 0 spiro atoms. The van der Waals surface area contributed by atoms with Gasteiger partial charge in [-0.1, -0.05) is 42.5 Å². The Balaban J connectivity index is 1.93. The number of esters is 1. The van der Waals surface area contributed by atoms with Crippen molar-refractivity contribution in [3.63, 3.8) is 0 Å². The number of rotatable bonds is 7. The molecule has 0 atom stereocenters. The standard InChI is InChI=1S/C23H27NO3S/c1-23(2,3)24(16-19-8-6-5-7-9-19)21(25)17-27-22(26)15-12-18-10-13-20(28-4)14-11-18/h5-15H,16-17H2,1-4H3. The molecule has 5 heteroatoms. The maximum atomic E-state index is 12.7. The fourth-order valence-corrected chi connectivity index (χ4v) is 3.01. The van der Waals surface area contributed by atoms with Crippen molar-refractivity contribution in [2.75, 3.05) is 12.9 Å². The van der Waals surface area contributed by atoms with Gasteiger partial charge in [0.1, 0.15) is 0 Å². The van der Waals surface area contributed by atoms with Crippen molar-refractivity contribution in [1.82, 2.24) is 4.90 Å². The van der Waals surface area contributed by atoms with Gasteiger partial charge in [-0.2, -0.15) is 0 Å². The van der Waals surface area contributed by atoms with Gasteiger partial charge in [-0.3, -0.25) is 4.79 Å². The van der Waals surface area contributed by atoms with Crippen LogP contribution in [0.3, 0.4) is 0 Å². The molecule has 0 bridgehead atoms. The molecule has 0 aliphatic carbocycles. The molecular formula is C23H27NO3S. The van der Waals surface area contributed by atoms with E-state index in [0.717, 1.165) is 16.0 Å². The second-order valence-electron chi connectivity index (χ2n) is 7.35. The van der Waals surface area contributed by atoms with Crippen LogP contribution in [0.25, 0.3) is 6.08 Å². The molecule has 28 heavy (non-hydrogen) atoms. The number of hydrogen-bond donors (Lipinski definition) is 0. The molecule has 0 unspecified atom stereocenters. The van der Waals surface area contributed by atoms with Crippen LogP contribution >= 0.6 is 11.8 Å². The summed E-state index contributed by atoms with van der Waals surface area (Å²) >= 11 is 1.66. The van der Waals surface area contributed by atoms with Crippen molar-refractivity contribution >= 4 is 29.7 Å². The van der Waals surface area contributed by atoms with Crippen molar-refractivity contribution < 1.29 is 14.3 Å². The smallest absolute Gasteiger partial charge is 0.331 e. The lowest BCUT2D eigenvalue weighted by Crippen LogP contribution is -2.46. The summed E-state index contributed by atoms with van der Waals surface area (Å²) < 4.78 is 5.16. The number of carbonyl (C=O) groups excluding carboxylic acids is 2. The van der Waals surface area contributed by atoms with Crippen LogP contribution in [0.1, 0.15) is 31.9 Å². The monoisotopic (exact) mass is 397 g/mol. The SMILES string of the molecule is CSc1ccc(C=CC(=O)OCC(=O)N(Cc2ccccc2)C(C)(C)C)cc1. The Morgan fingerprint density at radius 2 is 1.68 bits per heavy atom. The first-order valence-corrected chi connectivity index (χ1v) is 10.4. The van der Waals surface area contributed by atoms with Crippen molar-refractivity contribution in [2.45, 2.75) is 37.8 Å². The van der Waals surface area contributed by atoms with Crippen LogP contribution in [0.15, 0.2) is 65.6 Å². The molecule has 4 nitrogen and oxygen atoms in total. The lowest BCUT2D eigenvalue weighted by Gasteiger charge is -2.35. The molecule has 0 saturated heterocycles. The van der Waals surface area contributed by atoms with Gasteiger partial charge in [-0.15, -0.1) is 11.8 Å². The Kier molecular flexibility index (Phi) is 7.88. The quantitative estimate of drug-likeness (QED) is 0.383.